The predicted octanol–water partition coefficient (Wildman–Crippen LogP) is 1.52. The smallest absolute Gasteiger partial charge is 0.0742 e. The van der Waals surface area contributed by atoms with Crippen LogP contribution < -0.4 is 0 Å². The van der Waals surface area contributed by atoms with E-state index < -0.39 is 0 Å². The lowest BCUT2D eigenvalue weighted by atomic mass is 9.98. The van der Waals surface area contributed by atoms with Crippen LogP contribution in [0.5, 0.6) is 0 Å². The fourth-order valence-corrected chi connectivity index (χ4v) is 2.57. The van der Waals surface area contributed by atoms with Gasteiger partial charge in [0.1, 0.15) is 0 Å². The Balaban J connectivity index is 1.67. The first-order valence-corrected chi connectivity index (χ1v) is 6.21. The molecule has 0 amide bonds. The molecule has 0 N–H and O–H groups in total. The van der Waals surface area contributed by atoms with E-state index in [2.05, 4.69) is 18.7 Å². The first-order valence-electron chi connectivity index (χ1n) is 6.21. The SMILES string of the molecule is CC(C)OCCN1CC2CCCOC2C1. The third-order valence-corrected chi connectivity index (χ3v) is 3.37. The first kappa shape index (κ1) is 11.4. The van der Waals surface area contributed by atoms with Gasteiger partial charge in [-0.1, -0.05) is 0 Å². The molecule has 0 aromatic rings. The van der Waals surface area contributed by atoms with Crippen LogP contribution in [0.2, 0.25) is 0 Å². The Bertz CT molecular complexity index is 182. The van der Waals surface area contributed by atoms with Crippen LogP contribution >= 0.6 is 0 Å². The van der Waals surface area contributed by atoms with E-state index >= 15 is 0 Å². The molecule has 2 fully saturated rings. The zero-order chi connectivity index (χ0) is 10.7. The van der Waals surface area contributed by atoms with Gasteiger partial charge in [0.05, 0.1) is 18.8 Å². The van der Waals surface area contributed by atoms with Gasteiger partial charge in [-0.15, -0.1) is 0 Å². The summed E-state index contributed by atoms with van der Waals surface area (Å²) in [4.78, 5) is 2.49. The molecule has 88 valence electrons. The summed E-state index contributed by atoms with van der Waals surface area (Å²) in [5, 5.41) is 0. The maximum absolute atomic E-state index is 5.78. The van der Waals surface area contributed by atoms with Crippen molar-refractivity contribution in [3.05, 3.63) is 0 Å². The van der Waals surface area contributed by atoms with Crippen LogP contribution in [-0.4, -0.2) is 50.0 Å². The molecule has 2 rings (SSSR count). The standard InChI is InChI=1S/C12H23NO2/c1-10(2)14-7-5-13-8-11-4-3-6-15-12(11)9-13/h10-12H,3-9H2,1-2H3. The zero-order valence-electron chi connectivity index (χ0n) is 9.95. The van der Waals surface area contributed by atoms with Crippen molar-refractivity contribution in [2.45, 2.75) is 38.9 Å². The normalized spacial score (nSPS) is 32.2. The van der Waals surface area contributed by atoms with Gasteiger partial charge in [0, 0.05) is 26.2 Å². The lowest BCUT2D eigenvalue weighted by molar-refractivity contribution is -0.00195. The molecule has 0 bridgehead atoms. The molecular weight excluding hydrogens is 190 g/mol. The van der Waals surface area contributed by atoms with E-state index in [1.165, 1.54) is 19.4 Å². The Hall–Kier alpha value is -0.120. The summed E-state index contributed by atoms with van der Waals surface area (Å²) in [6.07, 6.45) is 3.47. The second-order valence-electron chi connectivity index (χ2n) is 4.99. The van der Waals surface area contributed by atoms with Crippen molar-refractivity contribution in [2.75, 3.05) is 32.8 Å². The first-order chi connectivity index (χ1) is 7.25. The second kappa shape index (κ2) is 5.28. The van der Waals surface area contributed by atoms with Gasteiger partial charge < -0.3 is 9.47 Å². The Morgan fingerprint density at radius 2 is 2.27 bits per heavy atom. The van der Waals surface area contributed by atoms with Crippen molar-refractivity contribution in [2.24, 2.45) is 5.92 Å². The monoisotopic (exact) mass is 213 g/mol. The Morgan fingerprint density at radius 3 is 3.00 bits per heavy atom. The zero-order valence-corrected chi connectivity index (χ0v) is 9.95. The molecule has 2 aliphatic rings. The van der Waals surface area contributed by atoms with Gasteiger partial charge in [0.25, 0.3) is 0 Å². The molecule has 2 aliphatic heterocycles. The fraction of sp³-hybridized carbons (Fsp3) is 1.00. The Morgan fingerprint density at radius 1 is 1.40 bits per heavy atom. The number of nitrogens with zero attached hydrogens (tertiary/aromatic N) is 1. The lowest BCUT2D eigenvalue weighted by Gasteiger charge is -2.24. The van der Waals surface area contributed by atoms with E-state index in [9.17, 15) is 0 Å². The van der Waals surface area contributed by atoms with Crippen molar-refractivity contribution in [1.82, 2.24) is 4.90 Å². The molecule has 15 heavy (non-hydrogen) atoms. The highest BCUT2D eigenvalue weighted by Gasteiger charge is 2.34. The van der Waals surface area contributed by atoms with E-state index in [0.29, 0.717) is 12.2 Å². The number of likely N-dealkylation sites (tertiary alicyclic amines) is 1. The van der Waals surface area contributed by atoms with Crippen molar-refractivity contribution in [3.8, 4) is 0 Å². The van der Waals surface area contributed by atoms with E-state index in [1.807, 2.05) is 0 Å². The van der Waals surface area contributed by atoms with Gasteiger partial charge in [-0.2, -0.15) is 0 Å². The van der Waals surface area contributed by atoms with Gasteiger partial charge >= 0.3 is 0 Å². The quantitative estimate of drug-likeness (QED) is 0.707. The summed E-state index contributed by atoms with van der Waals surface area (Å²) in [5.74, 6) is 0.790. The van der Waals surface area contributed by atoms with Crippen LogP contribution in [0.1, 0.15) is 26.7 Å². The highest BCUT2D eigenvalue weighted by molar-refractivity contribution is 4.86. The van der Waals surface area contributed by atoms with Crippen LogP contribution in [0.4, 0.5) is 0 Å². The maximum atomic E-state index is 5.78. The molecule has 3 nitrogen and oxygen atoms in total. The summed E-state index contributed by atoms with van der Waals surface area (Å²) < 4.78 is 11.4. The average molecular weight is 213 g/mol. The summed E-state index contributed by atoms with van der Waals surface area (Å²) in [6.45, 7) is 9.40. The third-order valence-electron chi connectivity index (χ3n) is 3.37. The molecule has 2 unspecified atom stereocenters. The lowest BCUT2D eigenvalue weighted by Crippen LogP contribution is -2.29. The summed E-state index contributed by atoms with van der Waals surface area (Å²) in [7, 11) is 0. The van der Waals surface area contributed by atoms with E-state index in [4.69, 9.17) is 9.47 Å². The predicted molar refractivity (Wildman–Crippen MR) is 60.0 cm³/mol. The topological polar surface area (TPSA) is 21.7 Å². The molecule has 0 saturated carbocycles. The van der Waals surface area contributed by atoms with Crippen LogP contribution in [-0.2, 0) is 9.47 Å². The van der Waals surface area contributed by atoms with Crippen molar-refractivity contribution in [1.29, 1.82) is 0 Å². The minimum absolute atomic E-state index is 0.353. The number of fused-ring (bicyclic) bond motifs is 1. The van der Waals surface area contributed by atoms with Crippen molar-refractivity contribution >= 4 is 0 Å². The van der Waals surface area contributed by atoms with Crippen molar-refractivity contribution in [3.63, 3.8) is 0 Å². The molecule has 2 heterocycles. The average Bonchev–Trinajstić information content (AvgIpc) is 2.59. The summed E-state index contributed by atoms with van der Waals surface area (Å²) in [5.41, 5.74) is 0. The fourth-order valence-electron chi connectivity index (χ4n) is 2.57. The number of hydrogen-bond donors (Lipinski definition) is 0. The van der Waals surface area contributed by atoms with Crippen LogP contribution in [0.25, 0.3) is 0 Å². The molecule has 0 aromatic carbocycles. The Kier molecular flexibility index (Phi) is 4.00. The maximum Gasteiger partial charge on any atom is 0.0742 e. The minimum Gasteiger partial charge on any atom is -0.377 e. The molecule has 0 radical (unpaired) electrons. The van der Waals surface area contributed by atoms with Gasteiger partial charge in [-0.05, 0) is 32.6 Å². The van der Waals surface area contributed by atoms with E-state index in [0.717, 1.165) is 32.2 Å². The van der Waals surface area contributed by atoms with E-state index in [-0.39, 0.29) is 0 Å². The van der Waals surface area contributed by atoms with Crippen molar-refractivity contribution < 1.29 is 9.47 Å². The summed E-state index contributed by atoms with van der Waals surface area (Å²) >= 11 is 0. The van der Waals surface area contributed by atoms with Gasteiger partial charge in [0.15, 0.2) is 0 Å². The highest BCUT2D eigenvalue weighted by Crippen LogP contribution is 2.27. The molecule has 3 heteroatoms. The number of ether oxygens (including phenoxy) is 2. The Labute approximate surface area is 92.7 Å². The van der Waals surface area contributed by atoms with Gasteiger partial charge in [-0.25, -0.2) is 0 Å². The number of rotatable bonds is 4. The number of hydrogen-bond acceptors (Lipinski definition) is 3. The molecule has 0 aromatic heterocycles. The van der Waals surface area contributed by atoms with Crippen LogP contribution in [0, 0.1) is 5.92 Å². The van der Waals surface area contributed by atoms with Gasteiger partial charge in [-0.3, -0.25) is 4.90 Å². The largest absolute Gasteiger partial charge is 0.377 e. The molecule has 0 aliphatic carbocycles. The molecular formula is C12H23NO2. The molecule has 0 spiro atoms. The minimum atomic E-state index is 0.353. The van der Waals surface area contributed by atoms with Crippen LogP contribution in [0.15, 0.2) is 0 Å². The van der Waals surface area contributed by atoms with Gasteiger partial charge in [0.2, 0.25) is 0 Å². The second-order valence-corrected chi connectivity index (χ2v) is 4.99. The highest BCUT2D eigenvalue weighted by atomic mass is 16.5. The van der Waals surface area contributed by atoms with E-state index in [1.54, 1.807) is 0 Å². The molecule has 2 saturated heterocycles. The summed E-state index contributed by atoms with van der Waals surface area (Å²) in [6, 6.07) is 0. The third kappa shape index (κ3) is 3.16. The molecule has 2 atom stereocenters. The van der Waals surface area contributed by atoms with Crippen LogP contribution in [0.3, 0.4) is 0 Å².